The molecule has 0 radical (unpaired) electrons. The van der Waals surface area contributed by atoms with Crippen LogP contribution in [0.5, 0.6) is 0 Å². The minimum absolute atomic E-state index is 0.00957. The Kier molecular flexibility index (Phi) is 4.57. The van der Waals surface area contributed by atoms with Crippen LogP contribution in [0.15, 0.2) is 16.6 Å². The lowest BCUT2D eigenvalue weighted by Crippen LogP contribution is -2.51. The molecule has 1 aromatic carbocycles. The summed E-state index contributed by atoms with van der Waals surface area (Å²) >= 11 is 2.96. The Bertz CT molecular complexity index is 562. The number of alkyl halides is 3. The summed E-state index contributed by atoms with van der Waals surface area (Å²) in [6.45, 7) is 3.01. The maximum absolute atomic E-state index is 14.1. The first-order valence-corrected chi connectivity index (χ1v) is 7.09. The minimum atomic E-state index is -4.84. The van der Waals surface area contributed by atoms with E-state index in [0.29, 0.717) is 25.7 Å². The second-order valence-corrected chi connectivity index (χ2v) is 5.74. The molecule has 1 heterocycles. The number of hydrogen-bond acceptors (Lipinski definition) is 2. The zero-order chi connectivity index (χ0) is 15.8. The van der Waals surface area contributed by atoms with Gasteiger partial charge in [0, 0.05) is 30.1 Å². The average molecular weight is 369 g/mol. The Balaban J connectivity index is 2.41. The highest BCUT2D eigenvalue weighted by Gasteiger charge is 2.37. The van der Waals surface area contributed by atoms with Gasteiger partial charge in [-0.1, -0.05) is 0 Å². The van der Waals surface area contributed by atoms with Crippen molar-refractivity contribution in [2.75, 3.05) is 19.6 Å². The first-order chi connectivity index (χ1) is 9.71. The lowest BCUT2D eigenvalue weighted by atomic mass is 10.1. The molecule has 0 unspecified atom stereocenters. The summed E-state index contributed by atoms with van der Waals surface area (Å²) in [5.74, 6) is -2.27. The molecule has 116 valence electrons. The number of piperazine rings is 1. The second-order valence-electron chi connectivity index (χ2n) is 4.89. The van der Waals surface area contributed by atoms with Crippen LogP contribution in [-0.2, 0) is 6.18 Å². The number of carbonyl (C=O) groups excluding carboxylic acids is 1. The van der Waals surface area contributed by atoms with Gasteiger partial charge in [-0.05, 0) is 35.0 Å². The van der Waals surface area contributed by atoms with Crippen molar-refractivity contribution in [1.82, 2.24) is 10.2 Å². The molecule has 0 bridgehead atoms. The number of benzene rings is 1. The highest BCUT2D eigenvalue weighted by molar-refractivity contribution is 9.10. The molecule has 0 aliphatic carbocycles. The van der Waals surface area contributed by atoms with Gasteiger partial charge in [0.2, 0.25) is 0 Å². The van der Waals surface area contributed by atoms with Crippen LogP contribution in [0.25, 0.3) is 0 Å². The van der Waals surface area contributed by atoms with Crippen LogP contribution >= 0.6 is 15.9 Å². The molecule has 1 aliphatic heterocycles. The molecule has 3 nitrogen and oxygen atoms in total. The maximum atomic E-state index is 14.1. The van der Waals surface area contributed by atoms with Crippen LogP contribution in [0.3, 0.4) is 0 Å². The molecule has 0 spiro atoms. The predicted molar refractivity (Wildman–Crippen MR) is 72.5 cm³/mol. The van der Waals surface area contributed by atoms with Gasteiger partial charge in [0.25, 0.3) is 5.91 Å². The van der Waals surface area contributed by atoms with Crippen LogP contribution in [0.2, 0.25) is 0 Å². The fourth-order valence-electron chi connectivity index (χ4n) is 2.24. The van der Waals surface area contributed by atoms with Gasteiger partial charge in [0.05, 0.1) is 11.1 Å². The number of nitrogens with one attached hydrogen (secondary N) is 1. The first kappa shape index (κ1) is 16.2. The zero-order valence-corrected chi connectivity index (χ0v) is 12.7. The van der Waals surface area contributed by atoms with E-state index >= 15 is 0 Å². The Hall–Kier alpha value is -1.15. The molecule has 1 amide bonds. The molecule has 21 heavy (non-hydrogen) atoms. The van der Waals surface area contributed by atoms with Crippen LogP contribution in [-0.4, -0.2) is 36.5 Å². The summed E-state index contributed by atoms with van der Waals surface area (Å²) in [7, 11) is 0. The van der Waals surface area contributed by atoms with E-state index < -0.39 is 29.0 Å². The molecule has 0 saturated carbocycles. The number of rotatable bonds is 1. The van der Waals surface area contributed by atoms with Gasteiger partial charge < -0.3 is 10.2 Å². The van der Waals surface area contributed by atoms with Crippen molar-refractivity contribution in [1.29, 1.82) is 0 Å². The van der Waals surface area contributed by atoms with E-state index in [9.17, 15) is 22.4 Å². The quantitative estimate of drug-likeness (QED) is 0.772. The Morgan fingerprint density at radius 1 is 1.43 bits per heavy atom. The number of amides is 1. The molecule has 0 aromatic heterocycles. The monoisotopic (exact) mass is 368 g/mol. The summed E-state index contributed by atoms with van der Waals surface area (Å²) in [5, 5.41) is 3.10. The van der Waals surface area contributed by atoms with Gasteiger partial charge in [0.15, 0.2) is 0 Å². The summed E-state index contributed by atoms with van der Waals surface area (Å²) in [6.07, 6.45) is -4.84. The van der Waals surface area contributed by atoms with Gasteiger partial charge in [-0.15, -0.1) is 0 Å². The first-order valence-electron chi connectivity index (χ1n) is 6.29. The van der Waals surface area contributed by atoms with E-state index in [0.717, 1.165) is 6.07 Å². The third-order valence-electron chi connectivity index (χ3n) is 3.27. The Morgan fingerprint density at radius 3 is 2.67 bits per heavy atom. The Morgan fingerprint density at radius 2 is 2.10 bits per heavy atom. The third-order valence-corrected chi connectivity index (χ3v) is 3.93. The van der Waals surface area contributed by atoms with Crippen LogP contribution < -0.4 is 5.32 Å². The number of carbonyl (C=O) groups is 1. The highest BCUT2D eigenvalue weighted by Crippen LogP contribution is 2.35. The lowest BCUT2D eigenvalue weighted by Gasteiger charge is -2.32. The normalized spacial score (nSPS) is 19.7. The fourth-order valence-corrected chi connectivity index (χ4v) is 2.72. The zero-order valence-electron chi connectivity index (χ0n) is 11.1. The Labute approximate surface area is 127 Å². The molecular formula is C13H13BrF4N2O. The molecule has 1 aromatic rings. The van der Waals surface area contributed by atoms with Crippen molar-refractivity contribution < 1.29 is 22.4 Å². The van der Waals surface area contributed by atoms with E-state index in [-0.39, 0.29) is 10.5 Å². The number of hydrogen-bond donors (Lipinski definition) is 1. The molecular weight excluding hydrogens is 356 g/mol. The van der Waals surface area contributed by atoms with Crippen molar-refractivity contribution in [3.05, 3.63) is 33.5 Å². The molecule has 1 saturated heterocycles. The van der Waals surface area contributed by atoms with Crippen LogP contribution in [0, 0.1) is 5.82 Å². The van der Waals surface area contributed by atoms with Crippen LogP contribution in [0.1, 0.15) is 22.8 Å². The minimum Gasteiger partial charge on any atom is -0.336 e. The third kappa shape index (κ3) is 3.37. The van der Waals surface area contributed by atoms with E-state index in [1.54, 1.807) is 0 Å². The molecule has 8 heteroatoms. The van der Waals surface area contributed by atoms with Crippen molar-refractivity contribution in [2.45, 2.75) is 19.1 Å². The second kappa shape index (κ2) is 5.92. The maximum Gasteiger partial charge on any atom is 0.419 e. The van der Waals surface area contributed by atoms with E-state index in [4.69, 9.17) is 0 Å². The number of halogens is 5. The molecule has 1 N–H and O–H groups in total. The van der Waals surface area contributed by atoms with Gasteiger partial charge >= 0.3 is 6.18 Å². The van der Waals surface area contributed by atoms with Crippen molar-refractivity contribution in [3.63, 3.8) is 0 Å². The fraction of sp³-hybridized carbons (Fsp3) is 0.462. The van der Waals surface area contributed by atoms with Gasteiger partial charge in [0.1, 0.15) is 5.82 Å². The standard InChI is InChI=1S/C13H13BrF4N2O/c1-7-6-20(5-4-19-7)12(21)10-9(14)3-2-8(11(10)15)13(16,17)18/h2-3,7,19H,4-6H2,1H3/t7-/m1/s1. The molecule has 2 rings (SSSR count). The van der Waals surface area contributed by atoms with E-state index in [1.807, 2.05) is 6.92 Å². The summed E-state index contributed by atoms with van der Waals surface area (Å²) < 4.78 is 52.4. The molecule has 1 atom stereocenters. The van der Waals surface area contributed by atoms with E-state index in [2.05, 4.69) is 21.2 Å². The van der Waals surface area contributed by atoms with Crippen molar-refractivity contribution in [3.8, 4) is 0 Å². The van der Waals surface area contributed by atoms with Crippen LogP contribution in [0.4, 0.5) is 17.6 Å². The van der Waals surface area contributed by atoms with Gasteiger partial charge in [-0.2, -0.15) is 13.2 Å². The smallest absolute Gasteiger partial charge is 0.336 e. The highest BCUT2D eigenvalue weighted by atomic mass is 79.9. The summed E-state index contributed by atoms with van der Waals surface area (Å²) in [4.78, 5) is 13.7. The van der Waals surface area contributed by atoms with Gasteiger partial charge in [-0.25, -0.2) is 4.39 Å². The predicted octanol–water partition coefficient (Wildman–Crippen LogP) is 3.04. The average Bonchev–Trinajstić information content (AvgIpc) is 2.37. The SMILES string of the molecule is C[C@@H]1CN(C(=O)c2c(Br)ccc(C(F)(F)F)c2F)CCN1. The largest absolute Gasteiger partial charge is 0.419 e. The topological polar surface area (TPSA) is 32.3 Å². The number of nitrogens with zero attached hydrogens (tertiary/aromatic N) is 1. The summed E-state index contributed by atoms with van der Waals surface area (Å²) in [6, 6.07) is 1.68. The van der Waals surface area contributed by atoms with E-state index in [1.165, 1.54) is 4.90 Å². The van der Waals surface area contributed by atoms with Crippen molar-refractivity contribution in [2.24, 2.45) is 0 Å². The lowest BCUT2D eigenvalue weighted by molar-refractivity contribution is -0.140. The summed E-state index contributed by atoms with van der Waals surface area (Å²) in [5.41, 5.74) is -2.00. The van der Waals surface area contributed by atoms with Gasteiger partial charge in [-0.3, -0.25) is 4.79 Å². The molecule has 1 aliphatic rings. The van der Waals surface area contributed by atoms with Crippen molar-refractivity contribution >= 4 is 21.8 Å². The molecule has 1 fully saturated rings.